The van der Waals surface area contributed by atoms with Gasteiger partial charge in [-0.15, -0.1) is 0 Å². The molecule has 3 amide bonds. The van der Waals surface area contributed by atoms with Crippen molar-refractivity contribution in [3.05, 3.63) is 60.2 Å². The van der Waals surface area contributed by atoms with E-state index in [2.05, 4.69) is 21.3 Å². The molecule has 3 aliphatic rings. The van der Waals surface area contributed by atoms with Crippen LogP contribution in [0.1, 0.15) is 36.0 Å². The number of anilines is 1. The van der Waals surface area contributed by atoms with E-state index in [0.29, 0.717) is 31.4 Å². The molecule has 2 aliphatic heterocycles. The van der Waals surface area contributed by atoms with E-state index in [9.17, 15) is 32.7 Å². The molecule has 2 aromatic carbocycles. The number of nitrogens with one attached hydrogen (secondary N) is 5. The van der Waals surface area contributed by atoms with Crippen LogP contribution in [0.5, 0.6) is 0 Å². The molecule has 2 saturated heterocycles. The average molecular weight is 600 g/mol. The number of carboxylic acid groups (broad SMARTS) is 1. The fourth-order valence-electron chi connectivity index (χ4n) is 5.39. The minimum Gasteiger partial charge on any atom is -0.480 e. The molecule has 2 heterocycles. The normalized spacial score (nSPS) is 20.6. The van der Waals surface area contributed by atoms with Crippen LogP contribution in [0.3, 0.4) is 0 Å². The van der Waals surface area contributed by atoms with E-state index < -0.39 is 58.9 Å². The number of nitrogens with two attached hydrogens (primary N) is 1. The standard InChI is InChI=1S/C27H33N7O7S/c28-27(29)32-18-6-4-5-17(13-18)24(36)31-15-22(35)30-14-21(26(38)39)33-25(37)23-16-9-11-19(12-10-16)34(23)42(40,41)20-7-2-1-3-8-20/h1-8,13,16,19,21,23H,9-12,14-15H2,(H,30,35)(H,31,36)(H,33,37)(H,38,39)(H4,28,29,32)/t16?,19?,21-,23+/m0/s1. The molecule has 0 spiro atoms. The summed E-state index contributed by atoms with van der Waals surface area (Å²) in [6.45, 7) is -0.959. The van der Waals surface area contributed by atoms with Gasteiger partial charge in [0.25, 0.3) is 5.91 Å². The number of hydrogen-bond donors (Lipinski definition) is 7. The van der Waals surface area contributed by atoms with Gasteiger partial charge in [-0.05, 0) is 61.9 Å². The Balaban J connectivity index is 1.37. The Bertz CT molecular complexity index is 1460. The SMILES string of the molecule is N=C(N)Nc1cccc(C(=O)NCC(=O)NC[C@H](NC(=O)[C@H]2C3CCC(CC3)N2S(=O)(=O)c2ccccc2)C(=O)O)c1. The van der Waals surface area contributed by atoms with Crippen LogP contribution in [0.4, 0.5) is 5.69 Å². The number of hydrogen-bond acceptors (Lipinski definition) is 7. The molecule has 2 aromatic rings. The number of sulfonamides is 1. The van der Waals surface area contributed by atoms with Crippen molar-refractivity contribution in [2.45, 2.75) is 48.7 Å². The van der Waals surface area contributed by atoms with Gasteiger partial charge in [0.1, 0.15) is 12.1 Å². The third kappa shape index (κ3) is 7.03. The summed E-state index contributed by atoms with van der Waals surface area (Å²) in [4.78, 5) is 50.2. The number of aliphatic carboxylic acids is 1. The lowest BCUT2D eigenvalue weighted by atomic mass is 9.76. The first-order valence-corrected chi connectivity index (χ1v) is 14.8. The number of carboxylic acids is 1. The summed E-state index contributed by atoms with van der Waals surface area (Å²) in [6, 6.07) is 10.9. The molecule has 3 fully saturated rings. The van der Waals surface area contributed by atoms with Crippen molar-refractivity contribution in [1.82, 2.24) is 20.3 Å². The number of amides is 3. The average Bonchev–Trinajstić information content (AvgIpc) is 2.98. The summed E-state index contributed by atoms with van der Waals surface area (Å²) in [5.74, 6) is -4.02. The predicted octanol–water partition coefficient (Wildman–Crippen LogP) is 0.0393. The molecule has 14 nitrogen and oxygen atoms in total. The largest absolute Gasteiger partial charge is 0.480 e. The highest BCUT2D eigenvalue weighted by atomic mass is 32.2. The molecule has 2 bridgehead atoms. The Hall–Kier alpha value is -4.50. The van der Waals surface area contributed by atoms with Crippen LogP contribution in [0.15, 0.2) is 59.5 Å². The van der Waals surface area contributed by atoms with Crippen molar-refractivity contribution >= 4 is 45.4 Å². The summed E-state index contributed by atoms with van der Waals surface area (Å²) in [6.07, 6.45) is 2.52. The van der Waals surface area contributed by atoms with E-state index >= 15 is 0 Å². The summed E-state index contributed by atoms with van der Waals surface area (Å²) >= 11 is 0. The highest BCUT2D eigenvalue weighted by Gasteiger charge is 2.51. The number of fused-ring (bicyclic) bond motifs is 3. The van der Waals surface area contributed by atoms with Crippen molar-refractivity contribution in [2.24, 2.45) is 11.7 Å². The van der Waals surface area contributed by atoms with Gasteiger partial charge in [0.2, 0.25) is 21.8 Å². The third-order valence-electron chi connectivity index (χ3n) is 7.34. The Labute approximate surface area is 242 Å². The van der Waals surface area contributed by atoms with Gasteiger partial charge in [-0.2, -0.15) is 4.31 Å². The molecule has 1 aliphatic carbocycles. The highest BCUT2D eigenvalue weighted by Crippen LogP contribution is 2.42. The number of rotatable bonds is 11. The van der Waals surface area contributed by atoms with Crippen LogP contribution >= 0.6 is 0 Å². The second-order valence-electron chi connectivity index (χ2n) is 10.2. The Morgan fingerprint density at radius 2 is 1.69 bits per heavy atom. The van der Waals surface area contributed by atoms with Gasteiger partial charge in [0.15, 0.2) is 5.96 Å². The maximum Gasteiger partial charge on any atom is 0.328 e. The molecule has 224 valence electrons. The van der Waals surface area contributed by atoms with Crippen LogP contribution in [-0.4, -0.2) is 78.7 Å². The van der Waals surface area contributed by atoms with Gasteiger partial charge in [0.05, 0.1) is 11.4 Å². The van der Waals surface area contributed by atoms with Gasteiger partial charge >= 0.3 is 5.97 Å². The monoisotopic (exact) mass is 599 g/mol. The summed E-state index contributed by atoms with van der Waals surface area (Å²) in [5.41, 5.74) is 5.89. The van der Waals surface area contributed by atoms with Crippen molar-refractivity contribution in [1.29, 1.82) is 5.41 Å². The lowest BCUT2D eigenvalue weighted by Crippen LogP contribution is -2.64. The molecular weight excluding hydrogens is 566 g/mol. The second-order valence-corrected chi connectivity index (χ2v) is 12.0. The summed E-state index contributed by atoms with van der Waals surface area (Å²) in [5, 5.41) is 26.7. The third-order valence-corrected chi connectivity index (χ3v) is 9.29. The van der Waals surface area contributed by atoms with Gasteiger partial charge in [0, 0.05) is 23.8 Å². The fraction of sp³-hybridized carbons (Fsp3) is 0.370. The number of piperidine rings is 2. The summed E-state index contributed by atoms with van der Waals surface area (Å²) < 4.78 is 28.3. The zero-order valence-electron chi connectivity index (χ0n) is 22.6. The highest BCUT2D eigenvalue weighted by molar-refractivity contribution is 7.89. The number of carbonyl (C=O) groups is 4. The van der Waals surface area contributed by atoms with Crippen molar-refractivity contribution in [3.63, 3.8) is 0 Å². The van der Waals surface area contributed by atoms with Crippen LogP contribution in [0, 0.1) is 11.3 Å². The Kier molecular flexibility index (Phi) is 9.42. The zero-order valence-corrected chi connectivity index (χ0v) is 23.4. The molecule has 8 N–H and O–H groups in total. The molecule has 2 atom stereocenters. The Morgan fingerprint density at radius 3 is 2.33 bits per heavy atom. The lowest BCUT2D eigenvalue weighted by molar-refractivity contribution is -0.143. The van der Waals surface area contributed by atoms with E-state index in [-0.39, 0.29) is 28.4 Å². The maximum atomic E-state index is 13.5. The van der Waals surface area contributed by atoms with E-state index in [1.54, 1.807) is 30.3 Å². The number of carbonyl (C=O) groups excluding carboxylic acids is 3. The first-order chi connectivity index (χ1) is 20.0. The van der Waals surface area contributed by atoms with E-state index in [0.717, 1.165) is 0 Å². The van der Waals surface area contributed by atoms with Crippen molar-refractivity contribution < 1.29 is 32.7 Å². The van der Waals surface area contributed by atoms with Crippen LogP contribution in [0.25, 0.3) is 0 Å². The molecule has 0 aromatic heterocycles. The second kappa shape index (κ2) is 13.0. The van der Waals surface area contributed by atoms with Gasteiger partial charge < -0.3 is 32.1 Å². The maximum absolute atomic E-state index is 13.5. The minimum absolute atomic E-state index is 0.0567. The summed E-state index contributed by atoms with van der Waals surface area (Å²) in [7, 11) is -4.02. The number of nitrogens with zero attached hydrogens (tertiary/aromatic N) is 1. The van der Waals surface area contributed by atoms with Crippen LogP contribution in [-0.2, 0) is 24.4 Å². The van der Waals surface area contributed by atoms with Crippen molar-refractivity contribution in [3.8, 4) is 0 Å². The topological polar surface area (TPSA) is 224 Å². The van der Waals surface area contributed by atoms with E-state index in [4.69, 9.17) is 11.1 Å². The quantitative estimate of drug-likeness (QED) is 0.137. The molecule has 15 heteroatoms. The molecule has 5 rings (SSSR count). The first-order valence-electron chi connectivity index (χ1n) is 13.3. The Morgan fingerprint density at radius 1 is 1.00 bits per heavy atom. The van der Waals surface area contributed by atoms with Gasteiger partial charge in [-0.25, -0.2) is 13.2 Å². The van der Waals surface area contributed by atoms with Crippen LogP contribution < -0.4 is 27.0 Å². The molecule has 42 heavy (non-hydrogen) atoms. The van der Waals surface area contributed by atoms with E-state index in [1.165, 1.54) is 28.6 Å². The fourth-order valence-corrected chi connectivity index (χ4v) is 7.30. The number of guanidine groups is 1. The van der Waals surface area contributed by atoms with Gasteiger partial charge in [-0.1, -0.05) is 24.3 Å². The van der Waals surface area contributed by atoms with Crippen LogP contribution in [0.2, 0.25) is 0 Å². The molecule has 0 radical (unpaired) electrons. The van der Waals surface area contributed by atoms with Crippen molar-refractivity contribution in [2.75, 3.05) is 18.4 Å². The predicted molar refractivity (Wildman–Crippen MR) is 152 cm³/mol. The molecule has 0 unspecified atom stereocenters. The van der Waals surface area contributed by atoms with E-state index in [1.807, 2.05) is 0 Å². The minimum atomic E-state index is -4.02. The smallest absolute Gasteiger partial charge is 0.328 e. The molecular formula is C27H33N7O7S. The zero-order chi connectivity index (χ0) is 30.4. The lowest BCUT2D eigenvalue weighted by Gasteiger charge is -2.49. The number of benzene rings is 2. The molecule has 1 saturated carbocycles. The van der Waals surface area contributed by atoms with Gasteiger partial charge in [-0.3, -0.25) is 19.8 Å². The first kappa shape index (κ1) is 30.5.